The van der Waals surface area contributed by atoms with Crippen LogP contribution in [0.25, 0.3) is 0 Å². The second-order valence-corrected chi connectivity index (χ2v) is 4.88. The van der Waals surface area contributed by atoms with Gasteiger partial charge in [-0.05, 0) is 6.42 Å². The molecule has 0 saturated heterocycles. The van der Waals surface area contributed by atoms with Crippen LogP contribution in [-0.2, 0) is 33.3 Å². The highest BCUT2D eigenvalue weighted by atomic mass is 16.6. The number of carboxylic acids is 2. The van der Waals surface area contributed by atoms with E-state index in [0.29, 0.717) is 52.6 Å². The van der Waals surface area contributed by atoms with Crippen molar-refractivity contribution >= 4 is 17.8 Å². The standard InChI is InChI=1S/C15H27NO9/c17-13(2-3-14(18)19)16-4-1-5-22-6-7-23-8-9-24-10-11-25-12-15(20)21/h1-12H2,(H,16,17)(H,18,19)(H,20,21). The van der Waals surface area contributed by atoms with Gasteiger partial charge in [0.15, 0.2) is 0 Å². The number of carbonyl (C=O) groups excluding carboxylic acids is 1. The van der Waals surface area contributed by atoms with Gasteiger partial charge in [-0.2, -0.15) is 0 Å². The van der Waals surface area contributed by atoms with Crippen LogP contribution in [0, 0.1) is 0 Å². The van der Waals surface area contributed by atoms with E-state index in [1.165, 1.54) is 0 Å². The molecule has 10 heteroatoms. The molecule has 0 aliphatic heterocycles. The Morgan fingerprint density at radius 1 is 0.680 bits per heavy atom. The summed E-state index contributed by atoms with van der Waals surface area (Å²) in [7, 11) is 0. The first kappa shape index (κ1) is 23.2. The fraction of sp³-hybridized carbons (Fsp3) is 0.800. The van der Waals surface area contributed by atoms with Gasteiger partial charge in [-0.15, -0.1) is 0 Å². The third-order valence-electron chi connectivity index (χ3n) is 2.70. The number of aliphatic carboxylic acids is 2. The van der Waals surface area contributed by atoms with Gasteiger partial charge in [0.2, 0.25) is 5.91 Å². The third-order valence-corrected chi connectivity index (χ3v) is 2.70. The van der Waals surface area contributed by atoms with Gasteiger partial charge in [0.25, 0.3) is 0 Å². The van der Waals surface area contributed by atoms with Gasteiger partial charge in [0.05, 0.1) is 46.1 Å². The van der Waals surface area contributed by atoms with Crippen LogP contribution in [0.3, 0.4) is 0 Å². The summed E-state index contributed by atoms with van der Waals surface area (Å²) in [5.74, 6) is -2.28. The SMILES string of the molecule is O=C(O)CCC(=O)NCCCOCCOCCOCCOCC(=O)O. The average Bonchev–Trinajstić information content (AvgIpc) is 2.56. The molecule has 0 aromatic rings. The Hall–Kier alpha value is -1.75. The highest BCUT2D eigenvalue weighted by Gasteiger charge is 2.04. The maximum absolute atomic E-state index is 11.2. The Morgan fingerprint density at radius 3 is 1.72 bits per heavy atom. The van der Waals surface area contributed by atoms with E-state index in [9.17, 15) is 14.4 Å². The molecule has 0 heterocycles. The van der Waals surface area contributed by atoms with E-state index in [1.807, 2.05) is 0 Å². The highest BCUT2D eigenvalue weighted by Crippen LogP contribution is 1.89. The monoisotopic (exact) mass is 365 g/mol. The molecule has 0 saturated carbocycles. The van der Waals surface area contributed by atoms with Crippen molar-refractivity contribution in [2.24, 2.45) is 0 Å². The maximum Gasteiger partial charge on any atom is 0.329 e. The van der Waals surface area contributed by atoms with Gasteiger partial charge >= 0.3 is 11.9 Å². The molecule has 0 aromatic carbocycles. The van der Waals surface area contributed by atoms with Crippen LogP contribution >= 0.6 is 0 Å². The van der Waals surface area contributed by atoms with Crippen LogP contribution in [-0.4, -0.2) is 87.5 Å². The van der Waals surface area contributed by atoms with Crippen LogP contribution in [0.1, 0.15) is 19.3 Å². The smallest absolute Gasteiger partial charge is 0.329 e. The molecular weight excluding hydrogens is 338 g/mol. The predicted octanol–water partition coefficient (Wildman–Crippen LogP) is -0.491. The van der Waals surface area contributed by atoms with E-state index in [4.69, 9.17) is 29.2 Å². The van der Waals surface area contributed by atoms with Gasteiger partial charge in [-0.25, -0.2) is 4.79 Å². The van der Waals surface area contributed by atoms with Crippen molar-refractivity contribution in [2.45, 2.75) is 19.3 Å². The number of carboxylic acid groups (broad SMARTS) is 2. The second kappa shape index (κ2) is 17.1. The molecule has 0 radical (unpaired) electrons. The first-order valence-electron chi connectivity index (χ1n) is 8.03. The summed E-state index contributed by atoms with van der Waals surface area (Å²) < 4.78 is 20.5. The van der Waals surface area contributed by atoms with Gasteiger partial charge in [-0.3, -0.25) is 9.59 Å². The van der Waals surface area contributed by atoms with Gasteiger partial charge in [0.1, 0.15) is 6.61 Å². The zero-order chi connectivity index (χ0) is 18.8. The molecule has 0 fully saturated rings. The largest absolute Gasteiger partial charge is 0.481 e. The summed E-state index contributed by atoms with van der Waals surface area (Å²) in [4.78, 5) is 31.7. The Kier molecular flexibility index (Phi) is 15.9. The lowest BCUT2D eigenvalue weighted by Crippen LogP contribution is -2.25. The molecule has 0 aliphatic rings. The molecule has 10 nitrogen and oxygen atoms in total. The van der Waals surface area contributed by atoms with E-state index in [-0.39, 0.29) is 32.0 Å². The van der Waals surface area contributed by atoms with E-state index >= 15 is 0 Å². The number of nitrogens with one attached hydrogen (secondary N) is 1. The Labute approximate surface area is 146 Å². The lowest BCUT2D eigenvalue weighted by molar-refractivity contribution is -0.142. The number of rotatable bonds is 18. The van der Waals surface area contributed by atoms with Crippen molar-refractivity contribution in [3.05, 3.63) is 0 Å². The van der Waals surface area contributed by atoms with Crippen molar-refractivity contribution in [1.82, 2.24) is 5.32 Å². The number of ether oxygens (including phenoxy) is 4. The topological polar surface area (TPSA) is 141 Å². The fourth-order valence-corrected chi connectivity index (χ4v) is 1.53. The van der Waals surface area contributed by atoms with Crippen molar-refractivity contribution in [1.29, 1.82) is 0 Å². The zero-order valence-corrected chi connectivity index (χ0v) is 14.2. The third kappa shape index (κ3) is 20.2. The summed E-state index contributed by atoms with van der Waals surface area (Å²) >= 11 is 0. The predicted molar refractivity (Wildman–Crippen MR) is 85.4 cm³/mol. The number of carbonyl (C=O) groups is 3. The minimum Gasteiger partial charge on any atom is -0.481 e. The Balaban J connectivity index is 3.13. The van der Waals surface area contributed by atoms with Gasteiger partial charge in [-0.1, -0.05) is 0 Å². The summed E-state index contributed by atoms with van der Waals surface area (Å²) in [6, 6.07) is 0. The van der Waals surface area contributed by atoms with Crippen LogP contribution < -0.4 is 5.32 Å². The number of hydrogen-bond acceptors (Lipinski definition) is 7. The minimum atomic E-state index is -1.01. The van der Waals surface area contributed by atoms with E-state index in [0.717, 1.165) is 0 Å². The summed E-state index contributed by atoms with van der Waals surface area (Å²) in [6.45, 7) is 2.76. The lowest BCUT2D eigenvalue weighted by Gasteiger charge is -2.07. The maximum atomic E-state index is 11.2. The van der Waals surface area contributed by atoms with Crippen LogP contribution in [0.2, 0.25) is 0 Å². The molecule has 1 amide bonds. The van der Waals surface area contributed by atoms with Crippen LogP contribution in [0.5, 0.6) is 0 Å². The number of hydrogen-bond donors (Lipinski definition) is 3. The highest BCUT2D eigenvalue weighted by molar-refractivity contribution is 5.80. The molecule has 0 spiro atoms. The molecule has 3 N–H and O–H groups in total. The molecule has 0 aliphatic carbocycles. The first-order valence-corrected chi connectivity index (χ1v) is 8.03. The van der Waals surface area contributed by atoms with Gasteiger partial charge < -0.3 is 34.5 Å². The summed E-state index contributed by atoms with van der Waals surface area (Å²) in [6.07, 6.45) is 0.453. The van der Waals surface area contributed by atoms with Crippen molar-refractivity contribution < 1.29 is 43.5 Å². The molecular formula is C15H27NO9. The molecule has 0 aromatic heterocycles. The minimum absolute atomic E-state index is 0.0161. The quantitative estimate of drug-likeness (QED) is 0.274. The van der Waals surface area contributed by atoms with Crippen LogP contribution in [0.15, 0.2) is 0 Å². The summed E-state index contributed by atoms with van der Waals surface area (Å²) in [5, 5.41) is 19.4. The average molecular weight is 365 g/mol. The first-order chi connectivity index (χ1) is 12.0. The zero-order valence-electron chi connectivity index (χ0n) is 14.2. The van der Waals surface area contributed by atoms with E-state index < -0.39 is 11.9 Å². The van der Waals surface area contributed by atoms with E-state index in [1.54, 1.807) is 0 Å². The van der Waals surface area contributed by atoms with Crippen molar-refractivity contribution in [2.75, 3.05) is 59.4 Å². The second-order valence-electron chi connectivity index (χ2n) is 4.88. The molecule has 146 valence electrons. The lowest BCUT2D eigenvalue weighted by atomic mass is 10.3. The molecule has 0 bridgehead atoms. The molecule has 0 unspecified atom stereocenters. The molecule has 0 atom stereocenters. The summed E-state index contributed by atoms with van der Waals surface area (Å²) in [5.41, 5.74) is 0. The number of amides is 1. The van der Waals surface area contributed by atoms with Crippen LogP contribution in [0.4, 0.5) is 0 Å². The fourth-order valence-electron chi connectivity index (χ4n) is 1.53. The molecule has 0 rings (SSSR count). The normalized spacial score (nSPS) is 10.6. The van der Waals surface area contributed by atoms with Gasteiger partial charge in [0, 0.05) is 19.6 Å². The Morgan fingerprint density at radius 2 is 1.20 bits per heavy atom. The Bertz CT molecular complexity index is 376. The van der Waals surface area contributed by atoms with E-state index in [2.05, 4.69) is 5.32 Å². The molecule has 25 heavy (non-hydrogen) atoms. The van der Waals surface area contributed by atoms with Crippen molar-refractivity contribution in [3.8, 4) is 0 Å². The van der Waals surface area contributed by atoms with Crippen molar-refractivity contribution in [3.63, 3.8) is 0 Å².